The number of amides is 1. The van der Waals surface area contributed by atoms with Crippen molar-refractivity contribution in [2.75, 3.05) is 6.61 Å². The van der Waals surface area contributed by atoms with Gasteiger partial charge < -0.3 is 10.8 Å². The summed E-state index contributed by atoms with van der Waals surface area (Å²) in [6.45, 7) is 3.42. The predicted molar refractivity (Wildman–Crippen MR) is 59.2 cm³/mol. The molecule has 1 rings (SSSR count). The van der Waals surface area contributed by atoms with Gasteiger partial charge in [0.1, 0.15) is 0 Å². The van der Waals surface area contributed by atoms with Crippen molar-refractivity contribution in [3.05, 3.63) is 35.9 Å². The fourth-order valence-corrected chi connectivity index (χ4v) is 1.61. The molecule has 15 heavy (non-hydrogen) atoms. The van der Waals surface area contributed by atoms with Gasteiger partial charge in [0.2, 0.25) is 5.91 Å². The number of carbonyl (C=O) groups excluding carboxylic acids is 1. The summed E-state index contributed by atoms with van der Waals surface area (Å²) in [5.74, 6) is -0.651. The van der Waals surface area contributed by atoms with Gasteiger partial charge in [0.15, 0.2) is 0 Å². The lowest BCUT2D eigenvalue weighted by atomic mass is 9.75. The maximum Gasteiger partial charge on any atom is 0.223 e. The van der Waals surface area contributed by atoms with Crippen molar-refractivity contribution in [2.24, 2.45) is 11.1 Å². The van der Waals surface area contributed by atoms with E-state index >= 15 is 0 Å². The highest BCUT2D eigenvalue weighted by molar-refractivity contribution is 5.81. The second-order valence-electron chi connectivity index (χ2n) is 4.23. The van der Waals surface area contributed by atoms with Gasteiger partial charge >= 0.3 is 0 Å². The van der Waals surface area contributed by atoms with Crippen LogP contribution >= 0.6 is 0 Å². The largest absolute Gasteiger partial charge is 0.396 e. The van der Waals surface area contributed by atoms with Crippen LogP contribution in [0, 0.1) is 5.41 Å². The number of hydrogen-bond acceptors (Lipinski definition) is 2. The third-order valence-corrected chi connectivity index (χ3v) is 2.89. The van der Waals surface area contributed by atoms with Crippen LogP contribution in [0.25, 0.3) is 0 Å². The average molecular weight is 207 g/mol. The lowest BCUT2D eigenvalue weighted by Crippen LogP contribution is -2.38. The number of rotatable bonds is 4. The first kappa shape index (κ1) is 11.7. The summed E-state index contributed by atoms with van der Waals surface area (Å²) in [5, 5.41) is 9.36. The van der Waals surface area contributed by atoms with Gasteiger partial charge in [0, 0.05) is 5.92 Å². The molecule has 1 aromatic carbocycles. The molecule has 3 N–H and O–H groups in total. The van der Waals surface area contributed by atoms with Crippen LogP contribution in [0.3, 0.4) is 0 Å². The van der Waals surface area contributed by atoms with Crippen molar-refractivity contribution >= 4 is 5.91 Å². The van der Waals surface area contributed by atoms with E-state index in [2.05, 4.69) is 0 Å². The summed E-state index contributed by atoms with van der Waals surface area (Å²) in [6, 6.07) is 9.45. The molecule has 0 aliphatic rings. The highest BCUT2D eigenvalue weighted by Crippen LogP contribution is 2.34. The van der Waals surface area contributed by atoms with Gasteiger partial charge in [0.05, 0.1) is 12.0 Å². The van der Waals surface area contributed by atoms with Gasteiger partial charge in [-0.15, -0.1) is 0 Å². The summed E-state index contributed by atoms with van der Waals surface area (Å²) in [6.07, 6.45) is 0. The van der Waals surface area contributed by atoms with Crippen LogP contribution in [0.2, 0.25) is 0 Å². The molecule has 0 saturated heterocycles. The molecule has 82 valence electrons. The van der Waals surface area contributed by atoms with Gasteiger partial charge in [-0.25, -0.2) is 0 Å². The van der Waals surface area contributed by atoms with Crippen LogP contribution in [-0.2, 0) is 4.79 Å². The average Bonchev–Trinajstić information content (AvgIpc) is 2.19. The fourth-order valence-electron chi connectivity index (χ4n) is 1.61. The second kappa shape index (κ2) is 4.45. The Morgan fingerprint density at radius 3 is 2.33 bits per heavy atom. The van der Waals surface area contributed by atoms with Crippen molar-refractivity contribution < 1.29 is 9.90 Å². The summed E-state index contributed by atoms with van der Waals surface area (Å²) in [7, 11) is 0. The summed E-state index contributed by atoms with van der Waals surface area (Å²) >= 11 is 0. The Morgan fingerprint density at radius 2 is 1.93 bits per heavy atom. The van der Waals surface area contributed by atoms with Crippen LogP contribution in [0.1, 0.15) is 25.3 Å². The first-order chi connectivity index (χ1) is 7.00. The molecule has 1 aromatic rings. The highest BCUT2D eigenvalue weighted by atomic mass is 16.3. The third kappa shape index (κ3) is 2.36. The molecule has 0 fully saturated rings. The van der Waals surface area contributed by atoms with Gasteiger partial charge in [0.25, 0.3) is 0 Å². The van der Waals surface area contributed by atoms with E-state index in [4.69, 9.17) is 5.73 Å². The lowest BCUT2D eigenvalue weighted by molar-refractivity contribution is -0.127. The molecule has 0 aliphatic carbocycles. The molecule has 1 amide bonds. The molecule has 0 radical (unpaired) electrons. The number of carbonyl (C=O) groups is 1. The zero-order chi connectivity index (χ0) is 11.5. The van der Waals surface area contributed by atoms with E-state index in [9.17, 15) is 9.90 Å². The van der Waals surface area contributed by atoms with E-state index in [1.165, 1.54) is 0 Å². The smallest absolute Gasteiger partial charge is 0.223 e. The van der Waals surface area contributed by atoms with Crippen LogP contribution in [0.4, 0.5) is 0 Å². The van der Waals surface area contributed by atoms with Crippen molar-refractivity contribution in [2.45, 2.75) is 19.8 Å². The lowest BCUT2D eigenvalue weighted by Gasteiger charge is -2.30. The highest BCUT2D eigenvalue weighted by Gasteiger charge is 2.35. The standard InChI is InChI=1S/C12H17NO2/c1-12(2,11(13)15)10(8-14)9-6-4-3-5-7-9/h3-7,10,14H,8H2,1-2H3,(H2,13,15)/t10-/m0/s1. The van der Waals surface area contributed by atoms with Crippen LogP contribution in [0.15, 0.2) is 30.3 Å². The minimum atomic E-state index is -0.740. The topological polar surface area (TPSA) is 63.3 Å². The number of nitrogens with two attached hydrogens (primary N) is 1. The molecule has 0 spiro atoms. The normalized spacial score (nSPS) is 13.5. The summed E-state index contributed by atoms with van der Waals surface area (Å²) in [5.41, 5.74) is 5.53. The molecule has 0 aromatic heterocycles. The number of aliphatic hydroxyl groups is 1. The molecule has 0 aliphatic heterocycles. The zero-order valence-electron chi connectivity index (χ0n) is 9.10. The maximum atomic E-state index is 11.3. The first-order valence-electron chi connectivity index (χ1n) is 4.96. The van der Waals surface area contributed by atoms with Crippen molar-refractivity contribution in [1.82, 2.24) is 0 Å². The molecule has 0 unspecified atom stereocenters. The molecular weight excluding hydrogens is 190 g/mol. The Balaban J connectivity index is 3.05. The van der Waals surface area contributed by atoms with Crippen molar-refractivity contribution in [3.63, 3.8) is 0 Å². The summed E-state index contributed by atoms with van der Waals surface area (Å²) in [4.78, 5) is 11.3. The first-order valence-corrected chi connectivity index (χ1v) is 4.96. The van der Waals surface area contributed by atoms with Crippen molar-refractivity contribution in [3.8, 4) is 0 Å². The van der Waals surface area contributed by atoms with Gasteiger partial charge in [-0.1, -0.05) is 44.2 Å². The monoisotopic (exact) mass is 207 g/mol. The van der Waals surface area contributed by atoms with Crippen LogP contribution in [-0.4, -0.2) is 17.6 Å². The summed E-state index contributed by atoms with van der Waals surface area (Å²) < 4.78 is 0. The molecule has 3 nitrogen and oxygen atoms in total. The van der Waals surface area contributed by atoms with Gasteiger partial charge in [-0.3, -0.25) is 4.79 Å². The fraction of sp³-hybridized carbons (Fsp3) is 0.417. The Morgan fingerprint density at radius 1 is 1.40 bits per heavy atom. The molecule has 0 heterocycles. The van der Waals surface area contributed by atoms with Gasteiger partial charge in [-0.2, -0.15) is 0 Å². The molecule has 3 heteroatoms. The number of benzene rings is 1. The zero-order valence-corrected chi connectivity index (χ0v) is 9.10. The Bertz CT molecular complexity index is 333. The Kier molecular flexibility index (Phi) is 3.48. The minimum Gasteiger partial charge on any atom is -0.396 e. The van der Waals surface area contributed by atoms with E-state index in [0.717, 1.165) is 5.56 Å². The SMILES string of the molecule is CC(C)(C(N)=O)[C@@H](CO)c1ccccc1. The number of primary amides is 1. The minimum absolute atomic E-state index is 0.0834. The number of hydrogen-bond donors (Lipinski definition) is 2. The maximum absolute atomic E-state index is 11.3. The molecule has 1 atom stereocenters. The van der Waals surface area contributed by atoms with Crippen LogP contribution in [0.5, 0.6) is 0 Å². The van der Waals surface area contributed by atoms with E-state index in [-0.39, 0.29) is 12.5 Å². The quantitative estimate of drug-likeness (QED) is 0.781. The van der Waals surface area contributed by atoms with Gasteiger partial charge in [-0.05, 0) is 5.56 Å². The third-order valence-electron chi connectivity index (χ3n) is 2.89. The van der Waals surface area contributed by atoms with Crippen molar-refractivity contribution in [1.29, 1.82) is 0 Å². The molecule has 0 saturated carbocycles. The van der Waals surface area contributed by atoms with E-state index < -0.39 is 11.3 Å². The predicted octanol–water partition coefficient (Wildman–Crippen LogP) is 1.27. The second-order valence-corrected chi connectivity index (χ2v) is 4.23. The Hall–Kier alpha value is -1.35. The molecular formula is C12H17NO2. The van der Waals surface area contributed by atoms with E-state index in [1.807, 2.05) is 30.3 Å². The molecule has 0 bridgehead atoms. The van der Waals surface area contributed by atoms with Crippen LogP contribution < -0.4 is 5.73 Å². The number of aliphatic hydroxyl groups excluding tert-OH is 1. The van der Waals surface area contributed by atoms with E-state index in [1.54, 1.807) is 13.8 Å². The van der Waals surface area contributed by atoms with E-state index in [0.29, 0.717) is 0 Å². The Labute approximate surface area is 89.9 Å².